The lowest BCUT2D eigenvalue weighted by Crippen LogP contribution is -2.28. The molecule has 0 fully saturated rings. The molecule has 0 aliphatic heterocycles. The average Bonchev–Trinajstić information content (AvgIpc) is 2.84. The number of fused-ring (bicyclic) bond motifs is 1. The van der Waals surface area contributed by atoms with Crippen LogP contribution in [0.3, 0.4) is 0 Å². The van der Waals surface area contributed by atoms with Crippen molar-refractivity contribution in [2.24, 2.45) is 0 Å². The average molecular weight is 355 g/mol. The Morgan fingerprint density at radius 2 is 1.58 bits per heavy atom. The molecule has 1 heterocycles. The van der Waals surface area contributed by atoms with E-state index in [9.17, 15) is 21.6 Å². The van der Waals surface area contributed by atoms with Crippen LogP contribution in [-0.4, -0.2) is 18.5 Å². The maximum atomic E-state index is 12.6. The fourth-order valence-electron chi connectivity index (χ4n) is 2.34. The van der Waals surface area contributed by atoms with Gasteiger partial charge in [-0.15, -0.1) is 0 Å². The minimum atomic E-state index is -5.73. The Labute approximate surface area is 136 Å². The van der Waals surface area contributed by atoms with Crippen molar-refractivity contribution >= 4 is 21.0 Å². The van der Waals surface area contributed by atoms with Crippen LogP contribution in [0.25, 0.3) is 10.9 Å². The van der Waals surface area contributed by atoms with Gasteiger partial charge in [0, 0.05) is 11.5 Å². The lowest BCUT2D eigenvalue weighted by Gasteiger charge is -2.13. The summed E-state index contributed by atoms with van der Waals surface area (Å²) in [5, 5.41) is 0.584. The van der Waals surface area contributed by atoms with Crippen LogP contribution in [0.5, 0.6) is 5.88 Å². The summed E-state index contributed by atoms with van der Waals surface area (Å²) in [6.45, 7) is 0.178. The van der Waals surface area contributed by atoms with E-state index in [1.165, 1.54) is 10.6 Å². The summed E-state index contributed by atoms with van der Waals surface area (Å²) in [5.41, 5.74) is -4.11. The van der Waals surface area contributed by atoms with Gasteiger partial charge in [0.25, 0.3) is 0 Å². The van der Waals surface area contributed by atoms with Crippen LogP contribution < -0.4 is 4.18 Å². The van der Waals surface area contributed by atoms with Gasteiger partial charge < -0.3 is 8.75 Å². The first kappa shape index (κ1) is 16.4. The third-order valence-electron chi connectivity index (χ3n) is 3.43. The summed E-state index contributed by atoms with van der Waals surface area (Å²) in [7, 11) is -5.73. The molecule has 0 aliphatic rings. The van der Waals surface area contributed by atoms with Gasteiger partial charge in [-0.3, -0.25) is 0 Å². The van der Waals surface area contributed by atoms with Gasteiger partial charge in [-0.1, -0.05) is 48.5 Å². The third-order valence-corrected chi connectivity index (χ3v) is 4.39. The highest BCUT2D eigenvalue weighted by atomic mass is 32.2. The molecule has 0 saturated carbocycles. The summed E-state index contributed by atoms with van der Waals surface area (Å²) in [4.78, 5) is 0. The second-order valence-corrected chi connectivity index (χ2v) is 6.63. The molecule has 0 spiro atoms. The molecule has 3 rings (SSSR count). The third kappa shape index (κ3) is 3.09. The molecule has 0 N–H and O–H groups in total. The topological polar surface area (TPSA) is 48.3 Å². The molecule has 126 valence electrons. The second kappa shape index (κ2) is 5.86. The zero-order valence-corrected chi connectivity index (χ0v) is 13.0. The number of aromatic nitrogens is 1. The number of benzene rings is 2. The highest BCUT2D eigenvalue weighted by molar-refractivity contribution is 7.87. The zero-order chi connectivity index (χ0) is 17.4. The highest BCUT2D eigenvalue weighted by Gasteiger charge is 2.49. The van der Waals surface area contributed by atoms with Gasteiger partial charge in [-0.2, -0.15) is 21.6 Å². The molecule has 0 saturated heterocycles. The molecule has 4 nitrogen and oxygen atoms in total. The molecule has 24 heavy (non-hydrogen) atoms. The lowest BCUT2D eigenvalue weighted by atomic mass is 10.2. The van der Waals surface area contributed by atoms with Crippen LogP contribution >= 0.6 is 0 Å². The van der Waals surface area contributed by atoms with E-state index in [-0.39, 0.29) is 12.4 Å². The van der Waals surface area contributed by atoms with E-state index >= 15 is 0 Å². The first-order chi connectivity index (χ1) is 11.3. The van der Waals surface area contributed by atoms with Crippen molar-refractivity contribution < 1.29 is 25.8 Å². The molecule has 2 aromatic carbocycles. The molecule has 8 heteroatoms. The maximum Gasteiger partial charge on any atom is 0.534 e. The number of hydrogen-bond acceptors (Lipinski definition) is 3. The molecule has 0 atom stereocenters. The highest BCUT2D eigenvalue weighted by Crippen LogP contribution is 2.31. The monoisotopic (exact) mass is 355 g/mol. The summed E-state index contributed by atoms with van der Waals surface area (Å²) >= 11 is 0. The van der Waals surface area contributed by atoms with Crippen LogP contribution in [0.2, 0.25) is 0 Å². The quantitative estimate of drug-likeness (QED) is 0.526. The first-order valence-electron chi connectivity index (χ1n) is 6.91. The molecule has 0 bridgehead atoms. The molecule has 1 aromatic heterocycles. The van der Waals surface area contributed by atoms with Gasteiger partial charge in [0.2, 0.25) is 5.88 Å². The van der Waals surface area contributed by atoms with Crippen molar-refractivity contribution in [1.29, 1.82) is 0 Å². The minimum Gasteiger partial charge on any atom is -0.357 e. The van der Waals surface area contributed by atoms with Gasteiger partial charge in [-0.25, -0.2) is 0 Å². The number of rotatable bonds is 4. The van der Waals surface area contributed by atoms with Crippen LogP contribution in [0.1, 0.15) is 5.56 Å². The van der Waals surface area contributed by atoms with E-state index in [0.717, 1.165) is 5.56 Å². The lowest BCUT2D eigenvalue weighted by molar-refractivity contribution is -0.0502. The Morgan fingerprint density at radius 3 is 2.25 bits per heavy atom. The van der Waals surface area contributed by atoms with Crippen molar-refractivity contribution in [3.05, 3.63) is 66.2 Å². The summed E-state index contributed by atoms with van der Waals surface area (Å²) < 4.78 is 66.3. The van der Waals surface area contributed by atoms with Crippen molar-refractivity contribution in [2.75, 3.05) is 0 Å². The molecule has 0 radical (unpaired) electrons. The Kier molecular flexibility index (Phi) is 4.00. The SMILES string of the molecule is O=S(=O)(Oc1cc2ccccc2n1Cc1ccccc1)C(F)(F)F. The van der Waals surface area contributed by atoms with E-state index < -0.39 is 15.6 Å². The zero-order valence-electron chi connectivity index (χ0n) is 12.2. The van der Waals surface area contributed by atoms with Crippen LogP contribution in [-0.2, 0) is 16.7 Å². The number of nitrogens with zero attached hydrogens (tertiary/aromatic N) is 1. The van der Waals surface area contributed by atoms with E-state index in [4.69, 9.17) is 0 Å². The van der Waals surface area contributed by atoms with E-state index in [1.54, 1.807) is 48.5 Å². The molecule has 3 aromatic rings. The molecular formula is C16H12F3NO3S. The number of halogens is 3. The summed E-state index contributed by atoms with van der Waals surface area (Å²) in [6.07, 6.45) is 0. The molecule has 0 aliphatic carbocycles. The van der Waals surface area contributed by atoms with Gasteiger partial charge in [0.15, 0.2) is 0 Å². The predicted molar refractivity (Wildman–Crippen MR) is 83.1 cm³/mol. The summed E-state index contributed by atoms with van der Waals surface area (Å²) in [6, 6.07) is 17.0. The minimum absolute atomic E-state index is 0.178. The smallest absolute Gasteiger partial charge is 0.357 e. The number of para-hydroxylation sites is 1. The fraction of sp³-hybridized carbons (Fsp3) is 0.125. The second-order valence-electron chi connectivity index (χ2n) is 5.10. The first-order valence-corrected chi connectivity index (χ1v) is 8.32. The van der Waals surface area contributed by atoms with Crippen LogP contribution in [0.4, 0.5) is 13.2 Å². The van der Waals surface area contributed by atoms with E-state index in [1.807, 2.05) is 6.07 Å². The normalized spacial score (nSPS) is 12.5. The van der Waals surface area contributed by atoms with Gasteiger partial charge >= 0.3 is 15.6 Å². The Hall–Kier alpha value is -2.48. The Morgan fingerprint density at radius 1 is 0.958 bits per heavy atom. The van der Waals surface area contributed by atoms with Crippen molar-refractivity contribution in [2.45, 2.75) is 12.1 Å². The van der Waals surface area contributed by atoms with Crippen molar-refractivity contribution in [3.8, 4) is 5.88 Å². The van der Waals surface area contributed by atoms with Crippen molar-refractivity contribution in [3.63, 3.8) is 0 Å². The Balaban J connectivity index is 2.09. The van der Waals surface area contributed by atoms with E-state index in [0.29, 0.717) is 10.9 Å². The van der Waals surface area contributed by atoms with Crippen LogP contribution in [0, 0.1) is 0 Å². The van der Waals surface area contributed by atoms with Gasteiger partial charge in [-0.05, 0) is 11.6 Å². The molecule has 0 amide bonds. The largest absolute Gasteiger partial charge is 0.534 e. The van der Waals surface area contributed by atoms with Crippen molar-refractivity contribution in [1.82, 2.24) is 4.57 Å². The maximum absolute atomic E-state index is 12.6. The van der Waals surface area contributed by atoms with Gasteiger partial charge in [0.05, 0.1) is 12.1 Å². The van der Waals surface area contributed by atoms with Gasteiger partial charge in [0.1, 0.15) is 0 Å². The predicted octanol–water partition coefficient (Wildman–Crippen LogP) is 3.92. The Bertz CT molecular complexity index is 963. The molecule has 0 unspecified atom stereocenters. The summed E-state index contributed by atoms with van der Waals surface area (Å²) in [5.74, 6) is -0.377. The number of hydrogen-bond donors (Lipinski definition) is 0. The van der Waals surface area contributed by atoms with Crippen LogP contribution in [0.15, 0.2) is 60.7 Å². The fourth-order valence-corrected chi connectivity index (χ4v) is 2.80. The van der Waals surface area contributed by atoms with E-state index in [2.05, 4.69) is 4.18 Å². The molecular weight excluding hydrogens is 343 g/mol. The number of alkyl halides is 3. The standard InChI is InChI=1S/C16H12F3NO3S/c17-16(18,19)24(21,22)23-15-10-13-8-4-5-9-14(13)20(15)11-12-6-2-1-3-7-12/h1-10H,11H2.